The molecule has 3 N–H and O–H groups in total. The van der Waals surface area contributed by atoms with Crippen molar-refractivity contribution >= 4 is 11.9 Å². The van der Waals surface area contributed by atoms with E-state index in [1.807, 2.05) is 27.7 Å². The second kappa shape index (κ2) is 10.4. The van der Waals surface area contributed by atoms with Crippen LogP contribution in [0.15, 0.2) is 47.7 Å². The number of ether oxygens (including phenoxy) is 1. The van der Waals surface area contributed by atoms with Crippen LogP contribution in [0.2, 0.25) is 0 Å². The second-order valence-corrected chi connectivity index (χ2v) is 7.40. The normalized spacial score (nSPS) is 11.7. The van der Waals surface area contributed by atoms with Gasteiger partial charge in [-0.05, 0) is 57.5 Å². The fourth-order valence-corrected chi connectivity index (χ4v) is 2.40. The second-order valence-electron chi connectivity index (χ2n) is 7.40. The number of aliphatic imine (C=N–C) groups is 1. The fraction of sp³-hybridized carbons (Fsp3) is 0.381. The van der Waals surface area contributed by atoms with E-state index in [-0.39, 0.29) is 30.3 Å². The highest BCUT2D eigenvalue weighted by atomic mass is 19.1. The summed E-state index contributed by atoms with van der Waals surface area (Å²) in [5.41, 5.74) is 0.378. The number of carbonyl (C=O) groups is 1. The molecule has 0 radical (unpaired) electrons. The van der Waals surface area contributed by atoms with E-state index < -0.39 is 5.82 Å². The van der Waals surface area contributed by atoms with Crippen molar-refractivity contribution in [3.63, 3.8) is 0 Å². The first kappa shape index (κ1) is 22.1. The van der Waals surface area contributed by atoms with Crippen LogP contribution in [0.3, 0.4) is 0 Å². The molecule has 0 atom stereocenters. The number of aromatic nitrogens is 1. The maximum absolute atomic E-state index is 14.3. The molecule has 156 valence electrons. The van der Waals surface area contributed by atoms with Gasteiger partial charge in [0.1, 0.15) is 5.75 Å². The van der Waals surface area contributed by atoms with E-state index in [4.69, 9.17) is 4.74 Å². The Balaban J connectivity index is 1.97. The summed E-state index contributed by atoms with van der Waals surface area (Å²) >= 11 is 0. The van der Waals surface area contributed by atoms with E-state index in [2.05, 4.69) is 25.9 Å². The lowest BCUT2D eigenvalue weighted by molar-refractivity contribution is -0.121. The molecule has 1 aromatic heterocycles. The number of nitrogens with one attached hydrogen (secondary N) is 3. The van der Waals surface area contributed by atoms with Crippen LogP contribution in [0.5, 0.6) is 11.5 Å². The maximum Gasteiger partial charge on any atom is 0.239 e. The molecule has 1 aromatic carbocycles. The molecule has 0 fully saturated rings. The van der Waals surface area contributed by atoms with Gasteiger partial charge in [-0.3, -0.25) is 9.78 Å². The first-order valence-corrected chi connectivity index (χ1v) is 9.46. The summed E-state index contributed by atoms with van der Waals surface area (Å²) in [5.74, 6) is 0.446. The minimum absolute atomic E-state index is 0.0926. The van der Waals surface area contributed by atoms with Gasteiger partial charge in [-0.15, -0.1) is 0 Å². The number of pyridine rings is 1. The summed E-state index contributed by atoms with van der Waals surface area (Å²) in [4.78, 5) is 20.3. The molecule has 0 aliphatic heterocycles. The molecular formula is C21H28FN5O2. The minimum Gasteiger partial charge on any atom is -0.453 e. The smallest absolute Gasteiger partial charge is 0.239 e. The molecule has 2 rings (SSSR count). The number of rotatable bonds is 7. The highest BCUT2D eigenvalue weighted by Gasteiger charge is 2.13. The van der Waals surface area contributed by atoms with Gasteiger partial charge in [0, 0.05) is 18.3 Å². The van der Waals surface area contributed by atoms with Crippen molar-refractivity contribution in [1.29, 1.82) is 0 Å². The predicted molar refractivity (Wildman–Crippen MR) is 111 cm³/mol. The molecule has 0 bridgehead atoms. The number of hydrogen-bond acceptors (Lipinski definition) is 4. The van der Waals surface area contributed by atoms with E-state index in [0.717, 1.165) is 0 Å². The topological polar surface area (TPSA) is 87.6 Å². The third kappa shape index (κ3) is 8.16. The summed E-state index contributed by atoms with van der Waals surface area (Å²) in [7, 11) is 0. The lowest BCUT2D eigenvalue weighted by Gasteiger charge is -2.21. The summed E-state index contributed by atoms with van der Waals surface area (Å²) in [5, 5.41) is 8.91. The van der Waals surface area contributed by atoms with Crippen LogP contribution in [-0.2, 0) is 11.3 Å². The van der Waals surface area contributed by atoms with Crippen molar-refractivity contribution in [2.75, 3.05) is 13.1 Å². The number of guanidine groups is 1. The predicted octanol–water partition coefficient (Wildman–Crippen LogP) is 2.98. The molecule has 29 heavy (non-hydrogen) atoms. The van der Waals surface area contributed by atoms with Gasteiger partial charge in [-0.1, -0.05) is 6.07 Å². The van der Waals surface area contributed by atoms with Crippen molar-refractivity contribution in [2.24, 2.45) is 4.99 Å². The summed E-state index contributed by atoms with van der Waals surface area (Å²) < 4.78 is 19.8. The number of benzene rings is 1. The standard InChI is InChI=1S/C21H28FN5O2/c1-5-24-20(26-14-19(28)27-21(2,3)4)25-12-15-8-9-18(17(22)11-15)29-16-7-6-10-23-13-16/h6-11,13H,5,12,14H2,1-4H3,(H,27,28)(H2,24,25,26). The monoisotopic (exact) mass is 401 g/mol. The molecule has 0 saturated heterocycles. The first-order chi connectivity index (χ1) is 13.8. The third-order valence-electron chi connectivity index (χ3n) is 3.55. The van der Waals surface area contributed by atoms with Crippen molar-refractivity contribution in [3.05, 3.63) is 54.1 Å². The highest BCUT2D eigenvalue weighted by Crippen LogP contribution is 2.24. The van der Waals surface area contributed by atoms with Crippen LogP contribution < -0.4 is 20.7 Å². The van der Waals surface area contributed by atoms with E-state index in [0.29, 0.717) is 23.8 Å². The first-order valence-electron chi connectivity index (χ1n) is 9.46. The number of halogens is 1. The van der Waals surface area contributed by atoms with Gasteiger partial charge in [0.2, 0.25) is 5.91 Å². The third-order valence-corrected chi connectivity index (χ3v) is 3.55. The van der Waals surface area contributed by atoms with Crippen LogP contribution >= 0.6 is 0 Å². The summed E-state index contributed by atoms with van der Waals surface area (Å²) in [6.07, 6.45) is 3.13. The minimum atomic E-state index is -0.482. The van der Waals surface area contributed by atoms with Gasteiger partial charge < -0.3 is 20.7 Å². The van der Waals surface area contributed by atoms with Gasteiger partial charge in [0.05, 0.1) is 19.3 Å². The van der Waals surface area contributed by atoms with E-state index in [1.165, 1.54) is 12.3 Å². The van der Waals surface area contributed by atoms with Gasteiger partial charge in [-0.25, -0.2) is 9.38 Å². The number of amides is 1. The zero-order valence-electron chi connectivity index (χ0n) is 17.3. The molecular weight excluding hydrogens is 373 g/mol. The SMILES string of the molecule is CCNC(=NCc1ccc(Oc2cccnc2)c(F)c1)NCC(=O)NC(C)(C)C. The Kier molecular flexibility index (Phi) is 7.94. The number of hydrogen-bond donors (Lipinski definition) is 3. The van der Waals surface area contributed by atoms with E-state index in [1.54, 1.807) is 30.5 Å². The zero-order chi connectivity index (χ0) is 21.3. The van der Waals surface area contributed by atoms with Crippen LogP contribution in [0.4, 0.5) is 4.39 Å². The molecule has 0 aliphatic carbocycles. The van der Waals surface area contributed by atoms with Crippen LogP contribution in [0.25, 0.3) is 0 Å². The molecule has 2 aromatic rings. The average molecular weight is 401 g/mol. The number of carbonyl (C=O) groups excluding carboxylic acids is 1. The summed E-state index contributed by atoms with van der Waals surface area (Å²) in [6.45, 7) is 8.66. The van der Waals surface area contributed by atoms with Crippen molar-refractivity contribution in [3.8, 4) is 11.5 Å². The average Bonchev–Trinajstić information content (AvgIpc) is 2.65. The quantitative estimate of drug-likeness (QED) is 0.490. The Morgan fingerprint density at radius 3 is 2.66 bits per heavy atom. The van der Waals surface area contributed by atoms with E-state index >= 15 is 0 Å². The molecule has 7 nitrogen and oxygen atoms in total. The van der Waals surface area contributed by atoms with Crippen molar-refractivity contribution < 1.29 is 13.9 Å². The Morgan fingerprint density at radius 1 is 1.24 bits per heavy atom. The number of nitrogens with zero attached hydrogens (tertiary/aromatic N) is 2. The summed E-state index contributed by atoms with van der Waals surface area (Å²) in [6, 6.07) is 8.10. The molecule has 1 amide bonds. The van der Waals surface area contributed by atoms with Crippen LogP contribution in [0.1, 0.15) is 33.3 Å². The molecule has 0 saturated carbocycles. The largest absolute Gasteiger partial charge is 0.453 e. The molecule has 0 aliphatic rings. The Morgan fingerprint density at radius 2 is 2.03 bits per heavy atom. The zero-order valence-corrected chi connectivity index (χ0v) is 17.3. The van der Waals surface area contributed by atoms with Crippen LogP contribution in [0, 0.1) is 5.82 Å². The van der Waals surface area contributed by atoms with Gasteiger partial charge in [0.25, 0.3) is 0 Å². The van der Waals surface area contributed by atoms with Gasteiger partial charge in [-0.2, -0.15) is 0 Å². The fourth-order valence-electron chi connectivity index (χ4n) is 2.40. The lowest BCUT2D eigenvalue weighted by Crippen LogP contribution is -2.48. The van der Waals surface area contributed by atoms with Crippen LogP contribution in [-0.4, -0.2) is 35.5 Å². The Hall–Kier alpha value is -3.16. The molecule has 0 spiro atoms. The molecule has 0 unspecified atom stereocenters. The maximum atomic E-state index is 14.3. The molecule has 1 heterocycles. The van der Waals surface area contributed by atoms with Gasteiger partial charge >= 0.3 is 0 Å². The lowest BCUT2D eigenvalue weighted by atomic mass is 10.1. The highest BCUT2D eigenvalue weighted by molar-refractivity contribution is 5.86. The van der Waals surface area contributed by atoms with E-state index in [9.17, 15) is 9.18 Å². The van der Waals surface area contributed by atoms with Crippen molar-refractivity contribution in [2.45, 2.75) is 39.8 Å². The molecule has 8 heteroatoms. The Bertz CT molecular complexity index is 835. The van der Waals surface area contributed by atoms with Crippen molar-refractivity contribution in [1.82, 2.24) is 20.9 Å². The van der Waals surface area contributed by atoms with Gasteiger partial charge in [0.15, 0.2) is 17.5 Å². The Labute approximate surface area is 170 Å².